The van der Waals surface area contributed by atoms with Crippen molar-refractivity contribution in [1.82, 2.24) is 5.43 Å². The van der Waals surface area contributed by atoms with Crippen LogP contribution in [0.4, 0.5) is 8.78 Å². The molecule has 1 aromatic carbocycles. The smallest absolute Gasteiger partial charge is 0.247 e. The van der Waals surface area contributed by atoms with Gasteiger partial charge in [-0.05, 0) is 24.6 Å². The lowest BCUT2D eigenvalue weighted by Gasteiger charge is -2.12. The number of carbonyl (C=O) groups is 1. The van der Waals surface area contributed by atoms with Crippen LogP contribution in [-0.2, 0) is 4.79 Å². The van der Waals surface area contributed by atoms with Crippen LogP contribution in [0.1, 0.15) is 13.3 Å². The minimum atomic E-state index is -0.923. The van der Waals surface area contributed by atoms with Gasteiger partial charge in [0, 0.05) is 4.90 Å². The van der Waals surface area contributed by atoms with Gasteiger partial charge >= 0.3 is 0 Å². The Balaban J connectivity index is 2.78. The third kappa shape index (κ3) is 3.18. The summed E-state index contributed by atoms with van der Waals surface area (Å²) < 4.78 is 25.6. The van der Waals surface area contributed by atoms with Gasteiger partial charge in [0.15, 0.2) is 11.6 Å². The van der Waals surface area contributed by atoms with Gasteiger partial charge in [0.1, 0.15) is 0 Å². The van der Waals surface area contributed by atoms with Crippen molar-refractivity contribution in [2.24, 2.45) is 5.84 Å². The number of hydrazine groups is 1. The molecule has 0 fully saturated rings. The van der Waals surface area contributed by atoms with E-state index in [1.807, 2.05) is 12.3 Å². The lowest BCUT2D eigenvalue weighted by Crippen LogP contribution is -2.37. The highest BCUT2D eigenvalue weighted by molar-refractivity contribution is 8.00. The van der Waals surface area contributed by atoms with Crippen molar-refractivity contribution in [2.45, 2.75) is 23.5 Å². The predicted molar refractivity (Wildman–Crippen MR) is 58.6 cm³/mol. The number of amides is 1. The molecule has 6 heteroatoms. The predicted octanol–water partition coefficient (Wildman–Crippen LogP) is 1.83. The van der Waals surface area contributed by atoms with Gasteiger partial charge in [0.25, 0.3) is 0 Å². The first-order chi connectivity index (χ1) is 7.58. The lowest BCUT2D eigenvalue weighted by atomic mass is 10.3. The number of benzene rings is 1. The molecule has 88 valence electrons. The van der Waals surface area contributed by atoms with Gasteiger partial charge in [-0.15, -0.1) is 11.8 Å². The van der Waals surface area contributed by atoms with E-state index in [0.717, 1.165) is 23.9 Å². The first-order valence-corrected chi connectivity index (χ1v) is 5.58. The largest absolute Gasteiger partial charge is 0.293 e. The maximum Gasteiger partial charge on any atom is 0.247 e. The Kier molecular flexibility index (Phi) is 4.70. The molecule has 3 N–H and O–H groups in total. The zero-order valence-corrected chi connectivity index (χ0v) is 9.48. The number of nitrogens with two attached hydrogens (primary N) is 1. The molecule has 0 heterocycles. The molecule has 0 aliphatic heterocycles. The van der Waals surface area contributed by atoms with Crippen LogP contribution in [0, 0.1) is 11.6 Å². The zero-order valence-electron chi connectivity index (χ0n) is 8.67. The van der Waals surface area contributed by atoms with Crippen molar-refractivity contribution in [2.75, 3.05) is 0 Å². The molecule has 1 aromatic rings. The van der Waals surface area contributed by atoms with Crippen molar-refractivity contribution in [1.29, 1.82) is 0 Å². The van der Waals surface area contributed by atoms with Gasteiger partial charge in [-0.1, -0.05) is 6.92 Å². The molecule has 0 aliphatic carbocycles. The molecule has 0 spiro atoms. The molecule has 0 aliphatic rings. The second kappa shape index (κ2) is 5.81. The van der Waals surface area contributed by atoms with Crippen LogP contribution in [0.5, 0.6) is 0 Å². The van der Waals surface area contributed by atoms with Gasteiger partial charge in [-0.2, -0.15) is 0 Å². The van der Waals surface area contributed by atoms with Gasteiger partial charge in [-0.25, -0.2) is 14.6 Å². The topological polar surface area (TPSA) is 55.1 Å². The number of nitrogens with one attached hydrogen (secondary N) is 1. The van der Waals surface area contributed by atoms with Crippen LogP contribution >= 0.6 is 11.8 Å². The zero-order chi connectivity index (χ0) is 12.1. The Hall–Kier alpha value is -1.14. The van der Waals surface area contributed by atoms with E-state index in [-0.39, 0.29) is 5.91 Å². The molecule has 1 unspecified atom stereocenters. The molecule has 3 nitrogen and oxygen atoms in total. The van der Waals surface area contributed by atoms with Crippen molar-refractivity contribution < 1.29 is 13.6 Å². The van der Waals surface area contributed by atoms with Crippen molar-refractivity contribution in [3.05, 3.63) is 29.8 Å². The Morgan fingerprint density at radius 2 is 2.19 bits per heavy atom. The van der Waals surface area contributed by atoms with Crippen LogP contribution in [-0.4, -0.2) is 11.2 Å². The molecular formula is C10H12F2N2OS. The average molecular weight is 246 g/mol. The van der Waals surface area contributed by atoms with Crippen molar-refractivity contribution in [3.63, 3.8) is 0 Å². The van der Waals surface area contributed by atoms with Crippen LogP contribution in [0.25, 0.3) is 0 Å². The van der Waals surface area contributed by atoms with Crippen molar-refractivity contribution in [3.8, 4) is 0 Å². The van der Waals surface area contributed by atoms with Gasteiger partial charge < -0.3 is 0 Å². The first kappa shape index (κ1) is 12.9. The quantitative estimate of drug-likeness (QED) is 0.369. The third-order valence-electron chi connectivity index (χ3n) is 1.97. The summed E-state index contributed by atoms with van der Waals surface area (Å²) in [6.07, 6.45) is 0.548. The van der Waals surface area contributed by atoms with Crippen LogP contribution in [0.2, 0.25) is 0 Å². The van der Waals surface area contributed by atoms with E-state index in [4.69, 9.17) is 5.84 Å². The molecular weight excluding hydrogens is 234 g/mol. The number of hydrogen-bond donors (Lipinski definition) is 2. The van der Waals surface area contributed by atoms with Crippen molar-refractivity contribution >= 4 is 17.7 Å². The number of rotatable bonds is 4. The monoisotopic (exact) mass is 246 g/mol. The minimum absolute atomic E-state index is 0.336. The molecule has 0 saturated heterocycles. The first-order valence-electron chi connectivity index (χ1n) is 4.70. The number of halogens is 2. The summed E-state index contributed by atoms with van der Waals surface area (Å²) in [5.74, 6) is 2.85. The highest BCUT2D eigenvalue weighted by Gasteiger charge is 2.17. The summed E-state index contributed by atoms with van der Waals surface area (Å²) in [6, 6.07) is 3.52. The van der Waals surface area contributed by atoms with Gasteiger partial charge in [0.05, 0.1) is 5.25 Å². The molecule has 16 heavy (non-hydrogen) atoms. The molecule has 1 amide bonds. The van der Waals surface area contributed by atoms with Crippen LogP contribution in [0.3, 0.4) is 0 Å². The normalized spacial score (nSPS) is 12.2. The van der Waals surface area contributed by atoms with E-state index in [0.29, 0.717) is 11.3 Å². The number of thioether (sulfide) groups is 1. The summed E-state index contributed by atoms with van der Waals surface area (Å²) in [5, 5.41) is -0.408. The SMILES string of the molecule is CCC(Sc1ccc(F)c(F)c1)C(=O)NN. The molecule has 0 bridgehead atoms. The molecule has 0 radical (unpaired) electrons. The summed E-state index contributed by atoms with van der Waals surface area (Å²) in [6.45, 7) is 1.81. The molecule has 1 atom stereocenters. The average Bonchev–Trinajstić information content (AvgIpc) is 2.29. The van der Waals surface area contributed by atoms with E-state index in [1.165, 1.54) is 6.07 Å². The fourth-order valence-corrected chi connectivity index (χ4v) is 2.12. The van der Waals surface area contributed by atoms with Crippen LogP contribution < -0.4 is 11.3 Å². The Bertz CT molecular complexity index is 387. The maximum atomic E-state index is 12.9. The van der Waals surface area contributed by atoms with E-state index in [1.54, 1.807) is 0 Å². The van der Waals surface area contributed by atoms with E-state index >= 15 is 0 Å². The Morgan fingerprint density at radius 3 is 2.69 bits per heavy atom. The minimum Gasteiger partial charge on any atom is -0.293 e. The second-order valence-corrected chi connectivity index (χ2v) is 4.38. The Labute approximate surface area is 96.4 Å². The summed E-state index contributed by atoms with van der Waals surface area (Å²) in [5.41, 5.74) is 2.03. The van der Waals surface area contributed by atoms with Crippen LogP contribution in [0.15, 0.2) is 23.1 Å². The Morgan fingerprint density at radius 1 is 1.50 bits per heavy atom. The van der Waals surface area contributed by atoms with E-state index in [2.05, 4.69) is 0 Å². The fraction of sp³-hybridized carbons (Fsp3) is 0.300. The maximum absolute atomic E-state index is 12.9. The lowest BCUT2D eigenvalue weighted by molar-refractivity contribution is -0.120. The number of hydrogen-bond acceptors (Lipinski definition) is 3. The summed E-state index contributed by atoms with van der Waals surface area (Å²) >= 11 is 1.15. The molecule has 0 aromatic heterocycles. The summed E-state index contributed by atoms with van der Waals surface area (Å²) in [4.78, 5) is 11.8. The number of carbonyl (C=O) groups excluding carboxylic acids is 1. The van der Waals surface area contributed by atoms with Gasteiger partial charge in [0.2, 0.25) is 5.91 Å². The standard InChI is InChI=1S/C10H12F2N2OS/c1-2-9(10(15)14-13)16-6-3-4-7(11)8(12)5-6/h3-5,9H,2,13H2,1H3,(H,14,15). The highest BCUT2D eigenvalue weighted by Crippen LogP contribution is 2.26. The summed E-state index contributed by atoms with van der Waals surface area (Å²) in [7, 11) is 0. The third-order valence-corrected chi connectivity index (χ3v) is 3.33. The molecule has 1 rings (SSSR count). The van der Waals surface area contributed by atoms with Gasteiger partial charge in [-0.3, -0.25) is 10.2 Å². The van der Waals surface area contributed by atoms with E-state index in [9.17, 15) is 13.6 Å². The molecule has 0 saturated carbocycles. The fourth-order valence-electron chi connectivity index (χ4n) is 1.13. The van der Waals surface area contributed by atoms with E-state index < -0.39 is 16.9 Å². The second-order valence-electron chi connectivity index (χ2n) is 3.10. The highest BCUT2D eigenvalue weighted by atomic mass is 32.2.